The average Bonchev–Trinajstić information content (AvgIpc) is 2.92. The van der Waals surface area contributed by atoms with Crippen molar-refractivity contribution in [1.29, 1.82) is 0 Å². The van der Waals surface area contributed by atoms with Crippen molar-refractivity contribution in [3.05, 3.63) is 70.7 Å². The first-order valence-electron chi connectivity index (χ1n) is 8.72. The van der Waals surface area contributed by atoms with Crippen LogP contribution in [0.5, 0.6) is 0 Å². The van der Waals surface area contributed by atoms with Gasteiger partial charge in [-0.2, -0.15) is 0 Å². The molecule has 0 saturated heterocycles. The van der Waals surface area contributed by atoms with Crippen LogP contribution in [0.15, 0.2) is 42.5 Å². The summed E-state index contributed by atoms with van der Waals surface area (Å²) >= 11 is 0. The third kappa shape index (κ3) is 3.29. The number of halogens is 1. The lowest BCUT2D eigenvalue weighted by molar-refractivity contribution is -0.121. The van der Waals surface area contributed by atoms with Crippen molar-refractivity contribution in [2.75, 3.05) is 0 Å². The molecule has 1 aliphatic carbocycles. The maximum absolute atomic E-state index is 13.6. The number of aromatic amines is 1. The molecule has 1 unspecified atom stereocenters. The van der Waals surface area contributed by atoms with Gasteiger partial charge < -0.3 is 10.3 Å². The Kier molecular flexibility index (Phi) is 4.04. The zero-order valence-electron chi connectivity index (χ0n) is 14.2. The van der Waals surface area contributed by atoms with Gasteiger partial charge >= 0.3 is 0 Å². The van der Waals surface area contributed by atoms with E-state index in [0.29, 0.717) is 6.42 Å². The van der Waals surface area contributed by atoms with Crippen molar-refractivity contribution in [3.63, 3.8) is 0 Å². The number of aryl methyl sites for hydroxylation is 2. The molecule has 0 saturated carbocycles. The Labute approximate surface area is 146 Å². The van der Waals surface area contributed by atoms with E-state index < -0.39 is 0 Å². The summed E-state index contributed by atoms with van der Waals surface area (Å²) in [4.78, 5) is 15.8. The minimum Gasteiger partial charge on any atom is -0.358 e. The highest BCUT2D eigenvalue weighted by molar-refractivity contribution is 5.85. The highest BCUT2D eigenvalue weighted by Crippen LogP contribution is 2.29. The molecule has 1 heterocycles. The van der Waals surface area contributed by atoms with Crippen LogP contribution in [0.4, 0.5) is 4.39 Å². The van der Waals surface area contributed by atoms with E-state index in [4.69, 9.17) is 0 Å². The van der Waals surface area contributed by atoms with E-state index in [0.717, 1.165) is 46.9 Å². The van der Waals surface area contributed by atoms with Crippen molar-refractivity contribution in [1.82, 2.24) is 10.3 Å². The van der Waals surface area contributed by atoms with E-state index in [9.17, 15) is 9.18 Å². The summed E-state index contributed by atoms with van der Waals surface area (Å²) < 4.78 is 13.6. The van der Waals surface area contributed by atoms with Gasteiger partial charge in [0.2, 0.25) is 5.91 Å². The van der Waals surface area contributed by atoms with E-state index in [-0.39, 0.29) is 17.8 Å². The molecule has 4 heteroatoms. The monoisotopic (exact) mass is 336 g/mol. The number of aromatic nitrogens is 1. The topological polar surface area (TPSA) is 44.9 Å². The molecule has 0 spiro atoms. The van der Waals surface area contributed by atoms with Gasteiger partial charge in [-0.15, -0.1) is 0 Å². The molecule has 0 bridgehead atoms. The lowest BCUT2D eigenvalue weighted by Crippen LogP contribution is -2.39. The van der Waals surface area contributed by atoms with Crippen molar-refractivity contribution in [3.8, 4) is 0 Å². The fourth-order valence-electron chi connectivity index (χ4n) is 3.80. The number of fused-ring (bicyclic) bond motifs is 3. The van der Waals surface area contributed by atoms with Gasteiger partial charge in [0.1, 0.15) is 5.82 Å². The normalized spacial score (nSPS) is 16.6. The van der Waals surface area contributed by atoms with E-state index in [2.05, 4.69) is 10.3 Å². The van der Waals surface area contributed by atoms with Gasteiger partial charge in [-0.3, -0.25) is 4.79 Å². The Hall–Kier alpha value is -2.62. The number of carbonyl (C=O) groups is 1. The number of carbonyl (C=O) groups excluding carboxylic acids is 1. The fraction of sp³-hybridized carbons (Fsp3) is 0.286. The van der Waals surface area contributed by atoms with Gasteiger partial charge in [-0.1, -0.05) is 29.8 Å². The van der Waals surface area contributed by atoms with Crippen LogP contribution in [0.25, 0.3) is 10.9 Å². The van der Waals surface area contributed by atoms with Crippen molar-refractivity contribution < 1.29 is 9.18 Å². The third-order valence-electron chi connectivity index (χ3n) is 4.96. The summed E-state index contributed by atoms with van der Waals surface area (Å²) in [6.07, 6.45) is 2.93. The van der Waals surface area contributed by atoms with Crippen LogP contribution < -0.4 is 5.32 Å². The fourth-order valence-corrected chi connectivity index (χ4v) is 3.80. The molecule has 4 rings (SSSR count). The molecule has 0 radical (unpaired) electrons. The molecular formula is C21H21FN2O. The Morgan fingerprint density at radius 3 is 3.00 bits per heavy atom. The number of H-pyrrole nitrogens is 1. The molecule has 25 heavy (non-hydrogen) atoms. The number of hydrogen-bond donors (Lipinski definition) is 2. The first-order chi connectivity index (χ1) is 12.1. The highest BCUT2D eigenvalue weighted by Gasteiger charge is 2.23. The third-order valence-corrected chi connectivity index (χ3v) is 4.96. The first kappa shape index (κ1) is 15.9. The number of nitrogens with one attached hydrogen (secondary N) is 2. The second-order valence-corrected chi connectivity index (χ2v) is 6.95. The minimum atomic E-state index is -0.222. The second kappa shape index (κ2) is 6.36. The van der Waals surface area contributed by atoms with Crippen LogP contribution in [0.3, 0.4) is 0 Å². The first-order valence-corrected chi connectivity index (χ1v) is 8.72. The Bertz CT molecular complexity index is 944. The quantitative estimate of drug-likeness (QED) is 0.750. The van der Waals surface area contributed by atoms with E-state index in [1.54, 1.807) is 12.1 Å². The number of benzene rings is 2. The molecule has 1 aliphatic rings. The summed E-state index contributed by atoms with van der Waals surface area (Å²) in [7, 11) is 0. The van der Waals surface area contributed by atoms with Crippen molar-refractivity contribution >= 4 is 16.8 Å². The number of rotatable bonds is 3. The highest BCUT2D eigenvalue weighted by atomic mass is 19.1. The zero-order chi connectivity index (χ0) is 17.4. The molecule has 3 nitrogen and oxygen atoms in total. The molecule has 1 amide bonds. The lowest BCUT2D eigenvalue weighted by atomic mass is 9.91. The van der Waals surface area contributed by atoms with Crippen LogP contribution >= 0.6 is 0 Å². The maximum Gasteiger partial charge on any atom is 0.224 e. The van der Waals surface area contributed by atoms with Gasteiger partial charge in [0.05, 0.1) is 6.42 Å². The predicted octanol–water partition coefficient (Wildman–Crippen LogP) is 3.83. The largest absolute Gasteiger partial charge is 0.358 e. The standard InChI is InChI=1S/C21H21FN2O/c1-13-3-2-4-14(9-13)10-21(25)23-16-6-8-20-18(12-16)17-11-15(22)5-7-19(17)24-20/h2-5,7,9,11,16,24H,6,8,10,12H2,1H3,(H,23,25). The summed E-state index contributed by atoms with van der Waals surface area (Å²) in [6.45, 7) is 2.03. The van der Waals surface area contributed by atoms with Crippen LogP contribution in [-0.4, -0.2) is 16.9 Å². The van der Waals surface area contributed by atoms with Crippen LogP contribution in [0, 0.1) is 12.7 Å². The Balaban J connectivity index is 1.48. The zero-order valence-corrected chi connectivity index (χ0v) is 14.2. The van der Waals surface area contributed by atoms with E-state index in [1.165, 1.54) is 11.8 Å². The Morgan fingerprint density at radius 2 is 2.16 bits per heavy atom. The Morgan fingerprint density at radius 1 is 1.28 bits per heavy atom. The van der Waals surface area contributed by atoms with Gasteiger partial charge in [0, 0.05) is 22.6 Å². The minimum absolute atomic E-state index is 0.0464. The van der Waals surface area contributed by atoms with E-state index >= 15 is 0 Å². The molecule has 0 fully saturated rings. The average molecular weight is 336 g/mol. The van der Waals surface area contributed by atoms with Gasteiger partial charge in [-0.05, 0) is 55.5 Å². The molecule has 0 aliphatic heterocycles. The molecule has 128 valence electrons. The molecular weight excluding hydrogens is 315 g/mol. The van der Waals surface area contributed by atoms with E-state index in [1.807, 2.05) is 31.2 Å². The lowest BCUT2D eigenvalue weighted by Gasteiger charge is -2.23. The van der Waals surface area contributed by atoms with Crippen molar-refractivity contribution in [2.24, 2.45) is 0 Å². The van der Waals surface area contributed by atoms with Gasteiger partial charge in [0.15, 0.2) is 0 Å². The van der Waals surface area contributed by atoms with Crippen molar-refractivity contribution in [2.45, 2.75) is 38.6 Å². The van der Waals surface area contributed by atoms with Gasteiger partial charge in [0.25, 0.3) is 0 Å². The smallest absolute Gasteiger partial charge is 0.224 e. The maximum atomic E-state index is 13.6. The number of hydrogen-bond acceptors (Lipinski definition) is 1. The predicted molar refractivity (Wildman–Crippen MR) is 97.1 cm³/mol. The SMILES string of the molecule is Cc1cccc(CC(=O)NC2CCc3[nH]c4ccc(F)cc4c3C2)c1. The molecule has 2 N–H and O–H groups in total. The summed E-state index contributed by atoms with van der Waals surface area (Å²) in [5, 5.41) is 4.09. The second-order valence-electron chi connectivity index (χ2n) is 6.95. The summed E-state index contributed by atoms with van der Waals surface area (Å²) in [5.41, 5.74) is 5.47. The van der Waals surface area contributed by atoms with Crippen LogP contribution in [-0.2, 0) is 24.1 Å². The summed E-state index contributed by atoms with van der Waals surface area (Å²) in [6, 6.07) is 13.0. The molecule has 3 aromatic rings. The van der Waals surface area contributed by atoms with Crippen LogP contribution in [0.1, 0.15) is 28.8 Å². The summed E-state index contributed by atoms with van der Waals surface area (Å²) in [5.74, 6) is -0.176. The molecule has 1 aromatic heterocycles. The molecule has 1 atom stereocenters. The van der Waals surface area contributed by atoms with Crippen LogP contribution in [0.2, 0.25) is 0 Å². The number of amides is 1. The van der Waals surface area contributed by atoms with Gasteiger partial charge in [-0.25, -0.2) is 4.39 Å². The molecule has 2 aromatic carbocycles.